The Kier molecular flexibility index (Phi) is 7.75. The number of unbranched alkanes of at least 4 members (excludes halogenated alkanes) is 5. The molecule has 0 aliphatic carbocycles. The molecule has 0 amide bonds. The average Bonchev–Trinajstić information content (AvgIpc) is 2.38. The number of benzene rings is 1. The summed E-state index contributed by atoms with van der Waals surface area (Å²) in [4.78, 5) is 0. The van der Waals surface area contributed by atoms with E-state index in [4.69, 9.17) is 0 Å². The fraction of sp³-hybridized carbons (Fsp3) is 0.647. The third-order valence-electron chi connectivity index (χ3n) is 3.56. The topological polar surface area (TPSA) is 12.0 Å². The Morgan fingerprint density at radius 2 is 1.56 bits per heavy atom. The Hall–Kier alpha value is -0.820. The smallest absolute Gasteiger partial charge is 0.0291 e. The highest BCUT2D eigenvalue weighted by Crippen LogP contribution is 2.13. The Labute approximate surface area is 113 Å². The van der Waals surface area contributed by atoms with Crippen LogP contribution in [0.3, 0.4) is 0 Å². The van der Waals surface area contributed by atoms with Gasteiger partial charge in [-0.15, -0.1) is 0 Å². The monoisotopic (exact) mass is 247 g/mol. The predicted octanol–water partition coefficient (Wildman–Crippen LogP) is 5.01. The summed E-state index contributed by atoms with van der Waals surface area (Å²) in [5.74, 6) is 0. The fourth-order valence-electron chi connectivity index (χ4n) is 2.20. The van der Waals surface area contributed by atoms with Crippen molar-refractivity contribution in [2.75, 3.05) is 6.54 Å². The van der Waals surface area contributed by atoms with E-state index in [1.807, 2.05) is 0 Å². The summed E-state index contributed by atoms with van der Waals surface area (Å²) < 4.78 is 0. The highest BCUT2D eigenvalue weighted by atomic mass is 14.9. The summed E-state index contributed by atoms with van der Waals surface area (Å²) in [6.07, 6.45) is 8.21. The second-order valence-corrected chi connectivity index (χ2v) is 5.35. The van der Waals surface area contributed by atoms with Crippen LogP contribution in [0.15, 0.2) is 24.3 Å². The molecule has 0 radical (unpaired) electrons. The molecule has 1 heteroatoms. The van der Waals surface area contributed by atoms with Crippen molar-refractivity contribution in [2.24, 2.45) is 0 Å². The molecule has 1 nitrogen and oxygen atoms in total. The molecule has 102 valence electrons. The molecule has 0 aliphatic heterocycles. The first-order valence-corrected chi connectivity index (χ1v) is 7.54. The molecule has 0 fully saturated rings. The molecule has 0 saturated carbocycles. The number of rotatable bonds is 9. The lowest BCUT2D eigenvalue weighted by molar-refractivity contribution is 0.527. The third kappa shape index (κ3) is 6.20. The summed E-state index contributed by atoms with van der Waals surface area (Å²) in [6, 6.07) is 9.32. The van der Waals surface area contributed by atoms with Crippen LogP contribution in [0.4, 0.5) is 0 Å². The SMILES string of the molecule is CCCCCCCCN[C@@H](C)c1ccc(C)cc1. The van der Waals surface area contributed by atoms with Crippen LogP contribution in [0.1, 0.15) is 69.5 Å². The van der Waals surface area contributed by atoms with Crippen LogP contribution in [0.2, 0.25) is 0 Å². The first-order chi connectivity index (χ1) is 8.74. The van der Waals surface area contributed by atoms with Crippen LogP contribution in [0.25, 0.3) is 0 Å². The van der Waals surface area contributed by atoms with Crippen molar-refractivity contribution in [1.82, 2.24) is 5.32 Å². The first kappa shape index (κ1) is 15.2. The lowest BCUT2D eigenvalue weighted by atomic mass is 10.1. The van der Waals surface area contributed by atoms with Gasteiger partial charge in [-0.3, -0.25) is 0 Å². The maximum absolute atomic E-state index is 3.61. The largest absolute Gasteiger partial charge is 0.310 e. The lowest BCUT2D eigenvalue weighted by Gasteiger charge is -2.14. The van der Waals surface area contributed by atoms with E-state index >= 15 is 0 Å². The van der Waals surface area contributed by atoms with Crippen LogP contribution in [0.5, 0.6) is 0 Å². The molecule has 0 heterocycles. The fourth-order valence-corrected chi connectivity index (χ4v) is 2.20. The zero-order valence-corrected chi connectivity index (χ0v) is 12.3. The van der Waals surface area contributed by atoms with E-state index in [2.05, 4.69) is 50.4 Å². The summed E-state index contributed by atoms with van der Waals surface area (Å²) in [6.45, 7) is 7.80. The van der Waals surface area contributed by atoms with Gasteiger partial charge >= 0.3 is 0 Å². The number of hydrogen-bond acceptors (Lipinski definition) is 1. The molecule has 18 heavy (non-hydrogen) atoms. The van der Waals surface area contributed by atoms with Crippen molar-refractivity contribution < 1.29 is 0 Å². The highest BCUT2D eigenvalue weighted by Gasteiger charge is 2.03. The Morgan fingerprint density at radius 1 is 0.944 bits per heavy atom. The van der Waals surface area contributed by atoms with E-state index in [-0.39, 0.29) is 0 Å². The van der Waals surface area contributed by atoms with Crippen LogP contribution >= 0.6 is 0 Å². The van der Waals surface area contributed by atoms with E-state index in [1.54, 1.807) is 0 Å². The number of aryl methyl sites for hydroxylation is 1. The molecule has 0 unspecified atom stereocenters. The predicted molar refractivity (Wildman–Crippen MR) is 81.0 cm³/mol. The maximum Gasteiger partial charge on any atom is 0.0291 e. The number of nitrogens with one attached hydrogen (secondary N) is 1. The second-order valence-electron chi connectivity index (χ2n) is 5.35. The Bertz CT molecular complexity index is 302. The molecule has 1 atom stereocenters. The maximum atomic E-state index is 3.61. The zero-order valence-electron chi connectivity index (χ0n) is 12.3. The molecule has 0 saturated heterocycles. The zero-order chi connectivity index (χ0) is 13.2. The van der Waals surface area contributed by atoms with Gasteiger partial charge < -0.3 is 5.32 Å². The summed E-state index contributed by atoms with van der Waals surface area (Å²) in [7, 11) is 0. The third-order valence-corrected chi connectivity index (χ3v) is 3.56. The van der Waals surface area contributed by atoms with E-state index in [0.717, 1.165) is 6.54 Å². The van der Waals surface area contributed by atoms with E-state index in [0.29, 0.717) is 6.04 Å². The van der Waals surface area contributed by atoms with Crippen molar-refractivity contribution >= 4 is 0 Å². The van der Waals surface area contributed by atoms with E-state index in [9.17, 15) is 0 Å². The second kappa shape index (κ2) is 9.16. The van der Waals surface area contributed by atoms with Crippen LogP contribution in [0, 0.1) is 6.92 Å². The van der Waals surface area contributed by atoms with Crippen molar-refractivity contribution in [2.45, 2.75) is 65.3 Å². The van der Waals surface area contributed by atoms with Gasteiger partial charge in [0.15, 0.2) is 0 Å². The van der Waals surface area contributed by atoms with Gasteiger partial charge in [0.05, 0.1) is 0 Å². The van der Waals surface area contributed by atoms with E-state index in [1.165, 1.54) is 49.7 Å². The van der Waals surface area contributed by atoms with Crippen molar-refractivity contribution in [3.8, 4) is 0 Å². The van der Waals surface area contributed by atoms with Crippen LogP contribution < -0.4 is 5.32 Å². The van der Waals surface area contributed by atoms with Crippen LogP contribution in [-0.4, -0.2) is 6.54 Å². The van der Waals surface area contributed by atoms with Gasteiger partial charge in [0.25, 0.3) is 0 Å². The molecular weight excluding hydrogens is 218 g/mol. The first-order valence-electron chi connectivity index (χ1n) is 7.54. The molecule has 1 rings (SSSR count). The molecule has 1 aromatic rings. The van der Waals surface area contributed by atoms with Gasteiger partial charge in [-0.1, -0.05) is 68.9 Å². The Balaban J connectivity index is 2.10. The minimum Gasteiger partial charge on any atom is -0.310 e. The van der Waals surface area contributed by atoms with Crippen molar-refractivity contribution in [3.05, 3.63) is 35.4 Å². The minimum absolute atomic E-state index is 0.473. The van der Waals surface area contributed by atoms with Gasteiger partial charge in [0.2, 0.25) is 0 Å². The Morgan fingerprint density at radius 3 is 2.22 bits per heavy atom. The minimum atomic E-state index is 0.473. The summed E-state index contributed by atoms with van der Waals surface area (Å²) >= 11 is 0. The summed E-state index contributed by atoms with van der Waals surface area (Å²) in [5.41, 5.74) is 2.73. The van der Waals surface area contributed by atoms with Crippen molar-refractivity contribution in [3.63, 3.8) is 0 Å². The highest BCUT2D eigenvalue weighted by molar-refractivity contribution is 5.23. The normalized spacial score (nSPS) is 12.6. The molecular formula is C17H29N. The van der Waals surface area contributed by atoms with Crippen LogP contribution in [-0.2, 0) is 0 Å². The van der Waals surface area contributed by atoms with Gasteiger partial charge in [-0.2, -0.15) is 0 Å². The van der Waals surface area contributed by atoms with Gasteiger partial charge in [-0.25, -0.2) is 0 Å². The quantitative estimate of drug-likeness (QED) is 0.605. The molecule has 0 aromatic heterocycles. The standard InChI is InChI=1S/C17H29N/c1-4-5-6-7-8-9-14-18-16(3)17-12-10-15(2)11-13-17/h10-13,16,18H,4-9,14H2,1-3H3/t16-/m0/s1. The van der Waals surface area contributed by atoms with E-state index < -0.39 is 0 Å². The van der Waals surface area contributed by atoms with Crippen molar-refractivity contribution in [1.29, 1.82) is 0 Å². The molecule has 1 aromatic carbocycles. The molecule has 0 aliphatic rings. The molecule has 0 spiro atoms. The summed E-state index contributed by atoms with van der Waals surface area (Å²) in [5, 5.41) is 3.61. The number of hydrogen-bond donors (Lipinski definition) is 1. The van der Waals surface area contributed by atoms with Gasteiger partial charge in [0.1, 0.15) is 0 Å². The van der Waals surface area contributed by atoms with Gasteiger partial charge in [0, 0.05) is 6.04 Å². The average molecular weight is 247 g/mol. The lowest BCUT2D eigenvalue weighted by Crippen LogP contribution is -2.19. The molecule has 0 bridgehead atoms. The van der Waals surface area contributed by atoms with Gasteiger partial charge in [-0.05, 0) is 32.4 Å². The molecule has 1 N–H and O–H groups in total.